The molecule has 1 N–H and O–H groups in total. The molecule has 1 aromatic carbocycles. The number of hydrogen-bond acceptors (Lipinski definition) is 4. The zero-order valence-corrected chi connectivity index (χ0v) is 11.7. The van der Waals surface area contributed by atoms with Gasteiger partial charge in [0.05, 0.1) is 24.8 Å². The minimum Gasteiger partial charge on any atom is -0.379 e. The highest BCUT2D eigenvalue weighted by Gasteiger charge is 2.17. The summed E-state index contributed by atoms with van der Waals surface area (Å²) in [5.41, 5.74) is 1.01. The largest absolute Gasteiger partial charge is 0.379 e. The quantitative estimate of drug-likeness (QED) is 0.909. The van der Waals surface area contributed by atoms with E-state index >= 15 is 0 Å². The Hall–Kier alpha value is -1.65. The summed E-state index contributed by atoms with van der Waals surface area (Å²) in [6.45, 7) is 4.31. The van der Waals surface area contributed by atoms with Crippen LogP contribution >= 0.6 is 0 Å². The van der Waals surface area contributed by atoms with E-state index in [0.29, 0.717) is 6.61 Å². The lowest BCUT2D eigenvalue weighted by Gasteiger charge is -2.17. The lowest BCUT2D eigenvalue weighted by molar-refractivity contribution is 0.0395. The average Bonchev–Trinajstić information content (AvgIpc) is 2.98. The average molecular weight is 272 g/mol. The standard InChI is InChI=1S/C16H20N2O2/c1-12(10-20-14-8-9-19-11-14)17-16-7-6-13-4-2-3-5-15(13)18-16/h2-7,12,14H,8-11H2,1H3,(H,17,18). The molecule has 0 aliphatic carbocycles. The van der Waals surface area contributed by atoms with Crippen molar-refractivity contribution in [1.82, 2.24) is 4.98 Å². The number of fused-ring (bicyclic) bond motifs is 1. The molecule has 0 amide bonds. The van der Waals surface area contributed by atoms with Gasteiger partial charge in [0.15, 0.2) is 0 Å². The number of anilines is 1. The maximum Gasteiger partial charge on any atom is 0.126 e. The van der Waals surface area contributed by atoms with Gasteiger partial charge in [-0.15, -0.1) is 0 Å². The van der Waals surface area contributed by atoms with Crippen molar-refractivity contribution in [3.8, 4) is 0 Å². The molecule has 3 rings (SSSR count). The smallest absolute Gasteiger partial charge is 0.126 e. The summed E-state index contributed by atoms with van der Waals surface area (Å²) in [4.78, 5) is 4.60. The van der Waals surface area contributed by atoms with Crippen LogP contribution in [0, 0.1) is 0 Å². The molecule has 2 aromatic rings. The van der Waals surface area contributed by atoms with Crippen molar-refractivity contribution in [3.05, 3.63) is 36.4 Å². The predicted molar refractivity (Wildman–Crippen MR) is 80.0 cm³/mol. The minimum absolute atomic E-state index is 0.226. The molecule has 1 saturated heterocycles. The van der Waals surface area contributed by atoms with Gasteiger partial charge >= 0.3 is 0 Å². The second kappa shape index (κ2) is 6.20. The van der Waals surface area contributed by atoms with Crippen molar-refractivity contribution >= 4 is 16.7 Å². The van der Waals surface area contributed by atoms with E-state index in [2.05, 4.69) is 29.4 Å². The van der Waals surface area contributed by atoms with Crippen molar-refractivity contribution < 1.29 is 9.47 Å². The summed E-state index contributed by atoms with van der Waals surface area (Å²) in [6, 6.07) is 12.4. The molecule has 1 aromatic heterocycles. The van der Waals surface area contributed by atoms with Gasteiger partial charge in [0.2, 0.25) is 0 Å². The molecule has 1 aliphatic heterocycles. The Bertz CT molecular complexity index is 567. The topological polar surface area (TPSA) is 43.4 Å². The number of hydrogen-bond donors (Lipinski definition) is 1. The highest BCUT2D eigenvalue weighted by molar-refractivity contribution is 5.80. The molecule has 106 valence electrons. The zero-order valence-electron chi connectivity index (χ0n) is 11.7. The van der Waals surface area contributed by atoms with Gasteiger partial charge in [-0.05, 0) is 31.5 Å². The normalized spacial score (nSPS) is 20.1. The first-order chi connectivity index (χ1) is 9.81. The number of nitrogens with zero attached hydrogens (tertiary/aromatic N) is 1. The summed E-state index contributed by atoms with van der Waals surface area (Å²) in [7, 11) is 0. The van der Waals surface area contributed by atoms with E-state index in [1.807, 2.05) is 24.3 Å². The highest BCUT2D eigenvalue weighted by atomic mass is 16.5. The number of nitrogens with one attached hydrogen (secondary N) is 1. The second-order valence-corrected chi connectivity index (χ2v) is 5.25. The highest BCUT2D eigenvalue weighted by Crippen LogP contribution is 2.15. The van der Waals surface area contributed by atoms with Crippen molar-refractivity contribution in [2.24, 2.45) is 0 Å². The number of benzene rings is 1. The van der Waals surface area contributed by atoms with Crippen molar-refractivity contribution in [1.29, 1.82) is 0 Å². The van der Waals surface area contributed by atoms with E-state index in [1.165, 1.54) is 0 Å². The number of para-hydroxylation sites is 1. The van der Waals surface area contributed by atoms with Crippen LogP contribution in [0.4, 0.5) is 5.82 Å². The van der Waals surface area contributed by atoms with Gasteiger partial charge < -0.3 is 14.8 Å². The van der Waals surface area contributed by atoms with Crippen LogP contribution < -0.4 is 5.32 Å². The van der Waals surface area contributed by atoms with Crippen LogP contribution in [0.1, 0.15) is 13.3 Å². The molecular weight excluding hydrogens is 252 g/mol. The van der Waals surface area contributed by atoms with E-state index in [4.69, 9.17) is 9.47 Å². The molecule has 2 unspecified atom stereocenters. The molecule has 2 heterocycles. The van der Waals surface area contributed by atoms with Crippen LogP contribution in [-0.2, 0) is 9.47 Å². The van der Waals surface area contributed by atoms with Crippen molar-refractivity contribution in [2.45, 2.75) is 25.5 Å². The first kappa shape index (κ1) is 13.3. The maximum atomic E-state index is 5.81. The van der Waals surface area contributed by atoms with E-state index in [1.54, 1.807) is 0 Å². The van der Waals surface area contributed by atoms with Gasteiger partial charge in [-0.3, -0.25) is 0 Å². The van der Waals surface area contributed by atoms with E-state index < -0.39 is 0 Å². The van der Waals surface area contributed by atoms with Gasteiger partial charge in [-0.2, -0.15) is 0 Å². The first-order valence-corrected chi connectivity index (χ1v) is 7.13. The molecule has 2 atom stereocenters. The van der Waals surface area contributed by atoms with Crippen molar-refractivity contribution in [2.75, 3.05) is 25.1 Å². The lowest BCUT2D eigenvalue weighted by Crippen LogP contribution is -2.26. The first-order valence-electron chi connectivity index (χ1n) is 7.13. The third-order valence-corrected chi connectivity index (χ3v) is 3.46. The Kier molecular flexibility index (Phi) is 4.14. The molecule has 0 radical (unpaired) electrons. The fourth-order valence-electron chi connectivity index (χ4n) is 2.37. The molecule has 4 nitrogen and oxygen atoms in total. The summed E-state index contributed by atoms with van der Waals surface area (Å²) >= 11 is 0. The monoisotopic (exact) mass is 272 g/mol. The summed E-state index contributed by atoms with van der Waals surface area (Å²) < 4.78 is 11.1. The van der Waals surface area contributed by atoms with Gasteiger partial charge in [-0.25, -0.2) is 4.98 Å². The molecular formula is C16H20N2O2. The number of rotatable bonds is 5. The van der Waals surface area contributed by atoms with Gasteiger partial charge in [0.1, 0.15) is 5.82 Å². The maximum absolute atomic E-state index is 5.81. The molecule has 20 heavy (non-hydrogen) atoms. The van der Waals surface area contributed by atoms with Crippen LogP contribution in [-0.4, -0.2) is 37.0 Å². The van der Waals surface area contributed by atoms with E-state index in [-0.39, 0.29) is 12.1 Å². The van der Waals surface area contributed by atoms with Crippen LogP contribution in [0.3, 0.4) is 0 Å². The zero-order chi connectivity index (χ0) is 13.8. The number of pyridine rings is 1. The third kappa shape index (κ3) is 3.26. The SMILES string of the molecule is CC(COC1CCOC1)Nc1ccc2ccccc2n1. The van der Waals surface area contributed by atoms with Gasteiger partial charge in [-0.1, -0.05) is 18.2 Å². The molecule has 0 saturated carbocycles. The number of ether oxygens (including phenoxy) is 2. The molecule has 4 heteroatoms. The van der Waals surface area contributed by atoms with Crippen LogP contribution in [0.25, 0.3) is 10.9 Å². The Labute approximate surface area is 119 Å². The summed E-state index contributed by atoms with van der Waals surface area (Å²) in [6.07, 6.45) is 1.25. The molecule has 1 aliphatic rings. The fraction of sp³-hybridized carbons (Fsp3) is 0.438. The summed E-state index contributed by atoms with van der Waals surface area (Å²) in [5.74, 6) is 0.891. The van der Waals surface area contributed by atoms with Crippen molar-refractivity contribution in [3.63, 3.8) is 0 Å². The van der Waals surface area contributed by atoms with Gasteiger partial charge in [0.25, 0.3) is 0 Å². The fourth-order valence-corrected chi connectivity index (χ4v) is 2.37. The van der Waals surface area contributed by atoms with E-state index in [9.17, 15) is 0 Å². The Morgan fingerprint density at radius 3 is 3.10 bits per heavy atom. The Balaban J connectivity index is 1.57. The molecule has 1 fully saturated rings. The second-order valence-electron chi connectivity index (χ2n) is 5.25. The number of aromatic nitrogens is 1. The van der Waals surface area contributed by atoms with Crippen LogP contribution in [0.15, 0.2) is 36.4 Å². The lowest BCUT2D eigenvalue weighted by atomic mass is 10.2. The molecule has 0 bridgehead atoms. The van der Waals surface area contributed by atoms with E-state index in [0.717, 1.165) is 36.4 Å². The predicted octanol–water partition coefficient (Wildman–Crippen LogP) is 2.84. The Morgan fingerprint density at radius 1 is 1.35 bits per heavy atom. The minimum atomic E-state index is 0.226. The van der Waals surface area contributed by atoms with Crippen LogP contribution in [0.5, 0.6) is 0 Å². The Morgan fingerprint density at radius 2 is 2.25 bits per heavy atom. The molecule has 0 spiro atoms. The summed E-state index contributed by atoms with van der Waals surface area (Å²) in [5, 5.41) is 4.54. The van der Waals surface area contributed by atoms with Gasteiger partial charge in [0, 0.05) is 18.0 Å². The third-order valence-electron chi connectivity index (χ3n) is 3.46. The van der Waals surface area contributed by atoms with Crippen LogP contribution in [0.2, 0.25) is 0 Å².